The van der Waals surface area contributed by atoms with Crippen molar-refractivity contribution < 1.29 is 18.4 Å². The number of isocyanates is 1. The van der Waals surface area contributed by atoms with E-state index in [1.165, 1.54) is 0 Å². The molecule has 0 spiro atoms. The van der Waals surface area contributed by atoms with Gasteiger partial charge in [-0.15, -0.1) is 0 Å². The smallest absolute Gasteiger partial charge is 0.347 e. The van der Waals surface area contributed by atoms with E-state index in [0.29, 0.717) is 6.61 Å². The number of hydrogen-bond donors (Lipinski definition) is 0. The summed E-state index contributed by atoms with van der Waals surface area (Å²) in [6, 6.07) is 0. The fraction of sp³-hybridized carbons (Fsp3) is 0.875. The van der Waals surface area contributed by atoms with Gasteiger partial charge in [0.15, 0.2) is 0 Å². The summed E-state index contributed by atoms with van der Waals surface area (Å²) in [6.45, 7) is 0.652. The Morgan fingerprint density at radius 1 is 1.36 bits per heavy atom. The summed E-state index contributed by atoms with van der Waals surface area (Å²) in [5.41, 5.74) is -0.169. The summed E-state index contributed by atoms with van der Waals surface area (Å²) in [4.78, 5) is 13.9. The summed E-state index contributed by atoms with van der Waals surface area (Å²) in [5, 5.41) is 0. The van der Waals surface area contributed by atoms with Gasteiger partial charge >= 0.3 is 9.28 Å². The summed E-state index contributed by atoms with van der Waals surface area (Å²) >= 11 is 0. The van der Waals surface area contributed by atoms with Crippen LogP contribution in [-0.4, -0.2) is 49.0 Å². The monoisotopic (exact) mass is 219 g/mol. The van der Waals surface area contributed by atoms with Crippen LogP contribution in [0.3, 0.4) is 0 Å². The highest BCUT2D eigenvalue weighted by Gasteiger charge is 2.23. The molecule has 0 fully saturated rings. The van der Waals surface area contributed by atoms with Gasteiger partial charge in [0.25, 0.3) is 0 Å². The minimum atomic E-state index is -1.85. The van der Waals surface area contributed by atoms with E-state index < -0.39 is 9.28 Å². The second-order valence-electron chi connectivity index (χ2n) is 2.76. The van der Waals surface area contributed by atoms with Crippen molar-refractivity contribution in [3.05, 3.63) is 0 Å². The molecule has 0 aliphatic rings. The SMILES string of the molecule is COCCCC(N=C=O)[SiH](OC)OC. The maximum atomic E-state index is 10.2. The molecule has 0 bridgehead atoms. The molecular formula is C8H17NO4Si. The third kappa shape index (κ3) is 5.26. The molecule has 6 heteroatoms. The van der Waals surface area contributed by atoms with Crippen molar-refractivity contribution in [2.45, 2.75) is 18.5 Å². The highest BCUT2D eigenvalue weighted by atomic mass is 28.3. The van der Waals surface area contributed by atoms with Gasteiger partial charge in [-0.05, 0) is 12.8 Å². The van der Waals surface area contributed by atoms with E-state index >= 15 is 0 Å². The first-order valence-electron chi connectivity index (χ1n) is 4.41. The lowest BCUT2D eigenvalue weighted by atomic mass is 10.3. The number of nitrogens with zero attached hydrogens (tertiary/aromatic N) is 1. The van der Waals surface area contributed by atoms with Crippen molar-refractivity contribution in [1.29, 1.82) is 0 Å². The molecule has 0 amide bonds. The molecule has 5 nitrogen and oxygen atoms in total. The van der Waals surface area contributed by atoms with Crippen molar-refractivity contribution in [3.63, 3.8) is 0 Å². The topological polar surface area (TPSA) is 57.1 Å². The summed E-state index contributed by atoms with van der Waals surface area (Å²) < 4.78 is 15.2. The van der Waals surface area contributed by atoms with Crippen LogP contribution >= 0.6 is 0 Å². The molecule has 0 N–H and O–H groups in total. The van der Waals surface area contributed by atoms with Gasteiger partial charge in [-0.3, -0.25) is 0 Å². The van der Waals surface area contributed by atoms with E-state index in [2.05, 4.69) is 4.99 Å². The largest absolute Gasteiger partial charge is 0.399 e. The zero-order chi connectivity index (χ0) is 10.8. The predicted octanol–water partition coefficient (Wildman–Crippen LogP) is 0.170. The summed E-state index contributed by atoms with van der Waals surface area (Å²) in [5.74, 6) is 0. The molecule has 14 heavy (non-hydrogen) atoms. The Labute approximate surface area is 85.9 Å². The van der Waals surface area contributed by atoms with Crippen LogP contribution in [0.25, 0.3) is 0 Å². The second-order valence-corrected chi connectivity index (χ2v) is 5.21. The van der Waals surface area contributed by atoms with Gasteiger partial charge in [0.05, 0.1) is 0 Å². The van der Waals surface area contributed by atoms with Gasteiger partial charge in [-0.25, -0.2) is 9.79 Å². The molecule has 0 heterocycles. The Balaban J connectivity index is 4.05. The van der Waals surface area contributed by atoms with Crippen molar-refractivity contribution in [3.8, 4) is 0 Å². The first-order chi connectivity index (χ1) is 6.79. The van der Waals surface area contributed by atoms with Crippen LogP contribution in [0.15, 0.2) is 4.99 Å². The Bertz CT molecular complexity index is 180. The molecule has 82 valence electrons. The van der Waals surface area contributed by atoms with Crippen LogP contribution in [-0.2, 0) is 18.4 Å². The van der Waals surface area contributed by atoms with E-state index in [0.717, 1.165) is 12.8 Å². The molecule has 0 aliphatic heterocycles. The van der Waals surface area contributed by atoms with E-state index in [4.69, 9.17) is 13.6 Å². The maximum Gasteiger partial charge on any atom is 0.347 e. The number of methoxy groups -OCH3 is 1. The van der Waals surface area contributed by atoms with Crippen LogP contribution in [0, 0.1) is 0 Å². The highest BCUT2D eigenvalue weighted by Crippen LogP contribution is 2.07. The standard InChI is InChI=1S/C8H17NO4Si/c1-11-6-4-5-8(9-7-10)14(12-2)13-3/h8,14H,4-6H2,1-3H3. The van der Waals surface area contributed by atoms with E-state index in [9.17, 15) is 4.79 Å². The van der Waals surface area contributed by atoms with E-state index in [-0.39, 0.29) is 5.67 Å². The molecular weight excluding hydrogens is 202 g/mol. The lowest BCUT2D eigenvalue weighted by Gasteiger charge is -2.17. The fourth-order valence-electron chi connectivity index (χ4n) is 1.18. The fourth-order valence-corrected chi connectivity index (χ4v) is 2.69. The molecule has 0 aliphatic carbocycles. The van der Waals surface area contributed by atoms with Crippen LogP contribution < -0.4 is 0 Å². The predicted molar refractivity (Wildman–Crippen MR) is 54.2 cm³/mol. The maximum absolute atomic E-state index is 10.2. The zero-order valence-corrected chi connectivity index (χ0v) is 10.0. The molecule has 0 aromatic heterocycles. The molecule has 0 aromatic carbocycles. The molecule has 0 rings (SSSR count). The number of carbonyl (C=O) groups excluding carboxylic acids is 1. The van der Waals surface area contributed by atoms with Gasteiger partial charge in [-0.2, -0.15) is 0 Å². The van der Waals surface area contributed by atoms with Crippen LogP contribution in [0.4, 0.5) is 0 Å². The Hall–Kier alpha value is -0.523. The normalized spacial score (nSPS) is 12.6. The van der Waals surface area contributed by atoms with Gasteiger partial charge in [0.2, 0.25) is 6.08 Å². The van der Waals surface area contributed by atoms with Crippen molar-refractivity contribution >= 4 is 15.4 Å². The molecule has 1 unspecified atom stereocenters. The van der Waals surface area contributed by atoms with Crippen molar-refractivity contribution in [1.82, 2.24) is 0 Å². The Morgan fingerprint density at radius 3 is 2.43 bits per heavy atom. The zero-order valence-electron chi connectivity index (χ0n) is 8.86. The minimum absolute atomic E-state index is 0.169. The minimum Gasteiger partial charge on any atom is -0.399 e. The van der Waals surface area contributed by atoms with Gasteiger partial charge in [-0.1, -0.05) is 0 Å². The van der Waals surface area contributed by atoms with Gasteiger partial charge in [0, 0.05) is 27.9 Å². The number of aliphatic imine (C=N–C) groups is 1. The molecule has 1 atom stereocenters. The van der Waals surface area contributed by atoms with Crippen LogP contribution in [0.5, 0.6) is 0 Å². The molecule has 0 aromatic rings. The third-order valence-corrected chi connectivity index (χ3v) is 3.89. The lowest BCUT2D eigenvalue weighted by Crippen LogP contribution is -2.34. The summed E-state index contributed by atoms with van der Waals surface area (Å²) in [7, 11) is 2.93. The molecule has 0 saturated carbocycles. The van der Waals surface area contributed by atoms with E-state index in [1.807, 2.05) is 0 Å². The first-order valence-corrected chi connectivity index (χ1v) is 6.02. The first kappa shape index (κ1) is 13.5. The lowest BCUT2D eigenvalue weighted by molar-refractivity contribution is 0.189. The van der Waals surface area contributed by atoms with Crippen LogP contribution in [0.1, 0.15) is 12.8 Å². The highest BCUT2D eigenvalue weighted by molar-refractivity contribution is 6.46. The quantitative estimate of drug-likeness (QED) is 0.253. The summed E-state index contributed by atoms with van der Waals surface area (Å²) in [6.07, 6.45) is 3.13. The van der Waals surface area contributed by atoms with Crippen molar-refractivity contribution in [2.24, 2.45) is 4.99 Å². The van der Waals surface area contributed by atoms with Gasteiger partial charge in [0.1, 0.15) is 5.67 Å². The number of ether oxygens (including phenoxy) is 1. The number of rotatable bonds is 8. The second kappa shape index (κ2) is 9.05. The average Bonchev–Trinajstić information content (AvgIpc) is 2.20. The van der Waals surface area contributed by atoms with Gasteiger partial charge < -0.3 is 13.6 Å². The Morgan fingerprint density at radius 2 is 2.00 bits per heavy atom. The van der Waals surface area contributed by atoms with E-state index in [1.54, 1.807) is 27.4 Å². The van der Waals surface area contributed by atoms with Crippen LogP contribution in [0.2, 0.25) is 0 Å². The average molecular weight is 219 g/mol. The van der Waals surface area contributed by atoms with Crippen molar-refractivity contribution in [2.75, 3.05) is 27.9 Å². The number of hydrogen-bond acceptors (Lipinski definition) is 5. The Kier molecular flexibility index (Phi) is 8.71. The molecule has 0 radical (unpaired) electrons. The third-order valence-electron chi connectivity index (χ3n) is 1.85. The molecule has 0 saturated heterocycles.